The lowest BCUT2D eigenvalue weighted by molar-refractivity contribution is -0.122. The van der Waals surface area contributed by atoms with Crippen LogP contribution in [0.25, 0.3) is 56.0 Å². The molecule has 0 bridgehead atoms. The molecule has 10 nitrogen and oxygen atoms in total. The quantitative estimate of drug-likeness (QED) is 0.303. The molecule has 1 aliphatic carbocycles. The molecule has 1 saturated carbocycles. The van der Waals surface area contributed by atoms with Crippen molar-refractivity contribution in [2.75, 3.05) is 5.32 Å². The maximum absolute atomic E-state index is 16.0. The molecule has 37 heavy (non-hydrogen) atoms. The number of furan rings is 1. The third-order valence-corrected chi connectivity index (χ3v) is 6.74. The lowest BCUT2D eigenvalue weighted by Crippen LogP contribution is -2.28. The minimum atomic E-state index is -0.522. The van der Waals surface area contributed by atoms with E-state index in [4.69, 9.17) is 4.42 Å². The molecule has 3 N–H and O–H groups in total. The van der Waals surface area contributed by atoms with E-state index in [0.29, 0.717) is 34.0 Å². The Hall–Kier alpha value is -4.93. The second-order valence-corrected chi connectivity index (χ2v) is 9.01. The van der Waals surface area contributed by atoms with Crippen molar-refractivity contribution in [3.8, 4) is 33.9 Å². The highest BCUT2D eigenvalue weighted by Crippen LogP contribution is 2.35. The highest BCUT2D eigenvalue weighted by Gasteiger charge is 2.26. The van der Waals surface area contributed by atoms with E-state index in [2.05, 4.69) is 40.4 Å². The van der Waals surface area contributed by atoms with Crippen LogP contribution in [-0.4, -0.2) is 41.0 Å². The van der Waals surface area contributed by atoms with Gasteiger partial charge >= 0.3 is 0 Å². The molecule has 1 amide bonds. The fourth-order valence-corrected chi connectivity index (χ4v) is 4.56. The summed E-state index contributed by atoms with van der Waals surface area (Å²) in [6.45, 7) is 0. The number of carbonyl (C=O) groups excluding carboxylic acids is 1. The standard InChI is InChI=1S/C26H19FN8O2/c27-20-17(15-8-16(10-28-9-15)31-26(36)13-2-1-3-13)11-30-24-19(20)23(34-35-24)25-32-18-4-6-29-21(22(18)33-25)14-5-7-37-12-14/h4-13H,1-3H2,(H,31,36)(H,32,33)(H,30,34,35). The zero-order valence-corrected chi connectivity index (χ0v) is 19.3. The van der Waals surface area contributed by atoms with Crippen molar-refractivity contribution in [1.29, 1.82) is 0 Å². The Morgan fingerprint density at radius 3 is 2.84 bits per heavy atom. The number of nitrogens with zero attached hydrogens (tertiary/aromatic N) is 5. The highest BCUT2D eigenvalue weighted by atomic mass is 19.1. The first kappa shape index (κ1) is 21.4. The number of amides is 1. The summed E-state index contributed by atoms with van der Waals surface area (Å²) in [5.41, 5.74) is 4.56. The van der Waals surface area contributed by atoms with Crippen LogP contribution in [0.3, 0.4) is 0 Å². The summed E-state index contributed by atoms with van der Waals surface area (Å²) in [6, 6.07) is 5.28. The normalized spacial score (nSPS) is 13.8. The van der Waals surface area contributed by atoms with Gasteiger partial charge in [0, 0.05) is 41.2 Å². The molecule has 1 aliphatic rings. The number of imidazole rings is 1. The fraction of sp³-hybridized carbons (Fsp3) is 0.154. The molecule has 0 aliphatic heterocycles. The van der Waals surface area contributed by atoms with Gasteiger partial charge in [0.1, 0.15) is 22.7 Å². The summed E-state index contributed by atoms with van der Waals surface area (Å²) < 4.78 is 21.2. The van der Waals surface area contributed by atoms with Gasteiger partial charge in [-0.25, -0.2) is 14.4 Å². The van der Waals surface area contributed by atoms with Crippen molar-refractivity contribution in [2.24, 2.45) is 5.92 Å². The molecular weight excluding hydrogens is 475 g/mol. The van der Waals surface area contributed by atoms with Crippen LogP contribution in [0.15, 0.2) is 59.9 Å². The minimum absolute atomic E-state index is 0.0277. The van der Waals surface area contributed by atoms with Crippen LogP contribution in [0.4, 0.5) is 10.1 Å². The van der Waals surface area contributed by atoms with E-state index in [0.717, 1.165) is 30.3 Å². The van der Waals surface area contributed by atoms with Crippen molar-refractivity contribution in [2.45, 2.75) is 19.3 Å². The van der Waals surface area contributed by atoms with Crippen molar-refractivity contribution < 1.29 is 13.6 Å². The van der Waals surface area contributed by atoms with Crippen LogP contribution < -0.4 is 5.32 Å². The van der Waals surface area contributed by atoms with E-state index in [-0.39, 0.29) is 28.4 Å². The number of pyridine rings is 3. The third-order valence-electron chi connectivity index (χ3n) is 6.74. The summed E-state index contributed by atoms with van der Waals surface area (Å²) in [5.74, 6) is -0.159. The topological polar surface area (TPSA) is 138 Å². The van der Waals surface area contributed by atoms with Gasteiger partial charge in [0.05, 0.1) is 35.3 Å². The molecule has 0 aromatic carbocycles. The number of nitrogens with one attached hydrogen (secondary N) is 3. The van der Waals surface area contributed by atoms with E-state index in [1.54, 1.807) is 43.1 Å². The van der Waals surface area contributed by atoms with Gasteiger partial charge in [-0.05, 0) is 31.0 Å². The largest absolute Gasteiger partial charge is 0.472 e. The van der Waals surface area contributed by atoms with Gasteiger partial charge in [0.2, 0.25) is 5.91 Å². The van der Waals surface area contributed by atoms with E-state index < -0.39 is 5.82 Å². The van der Waals surface area contributed by atoms with Crippen LogP contribution in [0.1, 0.15) is 19.3 Å². The van der Waals surface area contributed by atoms with Crippen LogP contribution in [0.5, 0.6) is 0 Å². The summed E-state index contributed by atoms with van der Waals surface area (Å²) in [5, 5.41) is 10.2. The van der Waals surface area contributed by atoms with Gasteiger partial charge in [-0.1, -0.05) is 6.42 Å². The Balaban J connectivity index is 1.30. The SMILES string of the molecule is O=C(Nc1cncc(-c2cnc3[nH]nc(-c4nc5c(-c6ccoc6)nccc5[nH]4)c3c2F)c1)C1CCC1. The summed E-state index contributed by atoms with van der Waals surface area (Å²) in [6.07, 6.45) is 12.2. The van der Waals surface area contributed by atoms with E-state index >= 15 is 4.39 Å². The summed E-state index contributed by atoms with van der Waals surface area (Å²) in [4.78, 5) is 33.3. The molecule has 0 spiro atoms. The molecule has 6 aromatic rings. The summed E-state index contributed by atoms with van der Waals surface area (Å²) in [7, 11) is 0. The molecule has 1 fully saturated rings. The Bertz CT molecular complexity index is 1790. The number of aromatic amines is 2. The average molecular weight is 494 g/mol. The minimum Gasteiger partial charge on any atom is -0.472 e. The maximum Gasteiger partial charge on any atom is 0.227 e. The van der Waals surface area contributed by atoms with Gasteiger partial charge in [-0.3, -0.25) is 19.9 Å². The second-order valence-electron chi connectivity index (χ2n) is 9.01. The Labute approximate surface area is 208 Å². The highest BCUT2D eigenvalue weighted by molar-refractivity contribution is 5.97. The number of anilines is 1. The fourth-order valence-electron chi connectivity index (χ4n) is 4.56. The number of hydrogen-bond donors (Lipinski definition) is 3. The van der Waals surface area contributed by atoms with Crippen molar-refractivity contribution in [3.05, 3.63) is 61.3 Å². The molecule has 7 rings (SSSR count). The van der Waals surface area contributed by atoms with Crippen molar-refractivity contribution in [1.82, 2.24) is 35.1 Å². The van der Waals surface area contributed by atoms with Crippen LogP contribution in [0, 0.1) is 11.7 Å². The number of H-pyrrole nitrogens is 2. The zero-order chi connectivity index (χ0) is 24.9. The zero-order valence-electron chi connectivity index (χ0n) is 19.3. The molecule has 0 unspecified atom stereocenters. The molecule has 182 valence electrons. The first-order valence-electron chi connectivity index (χ1n) is 11.8. The smallest absolute Gasteiger partial charge is 0.227 e. The number of rotatable bonds is 5. The number of fused-ring (bicyclic) bond motifs is 2. The molecule has 11 heteroatoms. The van der Waals surface area contributed by atoms with Crippen LogP contribution >= 0.6 is 0 Å². The third kappa shape index (κ3) is 3.54. The second kappa shape index (κ2) is 8.33. The lowest BCUT2D eigenvalue weighted by atomic mass is 9.85. The van der Waals surface area contributed by atoms with Crippen LogP contribution in [0.2, 0.25) is 0 Å². The molecule has 6 aromatic heterocycles. The average Bonchev–Trinajstić information content (AvgIpc) is 3.62. The van der Waals surface area contributed by atoms with Gasteiger partial charge < -0.3 is 14.7 Å². The van der Waals surface area contributed by atoms with Gasteiger partial charge in [-0.15, -0.1) is 0 Å². The number of carbonyl (C=O) groups is 1. The van der Waals surface area contributed by atoms with E-state index in [9.17, 15) is 4.79 Å². The first-order chi connectivity index (χ1) is 18.2. The van der Waals surface area contributed by atoms with Crippen molar-refractivity contribution >= 4 is 33.7 Å². The summed E-state index contributed by atoms with van der Waals surface area (Å²) >= 11 is 0. The molecular formula is C26H19FN8O2. The molecule has 0 radical (unpaired) electrons. The molecule has 6 heterocycles. The van der Waals surface area contributed by atoms with Gasteiger partial charge in [0.15, 0.2) is 11.5 Å². The predicted octanol–water partition coefficient (Wildman–Crippen LogP) is 5.10. The Morgan fingerprint density at radius 2 is 2.03 bits per heavy atom. The number of aromatic nitrogens is 7. The van der Waals surface area contributed by atoms with Crippen LogP contribution in [-0.2, 0) is 4.79 Å². The van der Waals surface area contributed by atoms with E-state index in [1.807, 2.05) is 0 Å². The Morgan fingerprint density at radius 1 is 1.11 bits per heavy atom. The predicted molar refractivity (Wildman–Crippen MR) is 134 cm³/mol. The maximum atomic E-state index is 16.0. The van der Waals surface area contributed by atoms with E-state index in [1.165, 1.54) is 12.4 Å². The Kier molecular flexibility index (Phi) is 4.81. The van der Waals surface area contributed by atoms with Gasteiger partial charge in [-0.2, -0.15) is 5.10 Å². The lowest BCUT2D eigenvalue weighted by Gasteiger charge is -2.24. The first-order valence-corrected chi connectivity index (χ1v) is 11.8. The molecule has 0 saturated heterocycles. The van der Waals surface area contributed by atoms with Crippen molar-refractivity contribution in [3.63, 3.8) is 0 Å². The molecule has 0 atom stereocenters. The monoisotopic (exact) mass is 494 g/mol. The number of hydrogen-bond acceptors (Lipinski definition) is 7. The van der Waals surface area contributed by atoms with Gasteiger partial charge in [0.25, 0.3) is 0 Å². The number of halogens is 1.